The number of hydrogen-bond acceptors (Lipinski definition) is 3. The zero-order valence-electron chi connectivity index (χ0n) is 23.0. The van der Waals surface area contributed by atoms with Gasteiger partial charge in [0.05, 0.1) is 5.60 Å². The lowest BCUT2D eigenvalue weighted by Gasteiger charge is -2.59. The summed E-state index contributed by atoms with van der Waals surface area (Å²) in [6, 6.07) is 0. The van der Waals surface area contributed by atoms with E-state index in [1.807, 2.05) is 6.08 Å². The Morgan fingerprint density at radius 1 is 1.03 bits per heavy atom. The van der Waals surface area contributed by atoms with Gasteiger partial charge in [-0.15, -0.1) is 0 Å². The molecule has 0 radical (unpaired) electrons. The summed E-state index contributed by atoms with van der Waals surface area (Å²) < 4.78 is 6.51. The van der Waals surface area contributed by atoms with Gasteiger partial charge in [0, 0.05) is 13.0 Å². The Kier molecular flexibility index (Phi) is 5.95. The number of allylic oxidation sites excluding steroid dienone is 1. The summed E-state index contributed by atoms with van der Waals surface area (Å²) in [5, 5.41) is 12.7. The first-order valence-electron chi connectivity index (χ1n) is 14.3. The Morgan fingerprint density at radius 2 is 1.74 bits per heavy atom. The molecule has 0 bridgehead atoms. The van der Waals surface area contributed by atoms with Gasteiger partial charge in [0.1, 0.15) is 0 Å². The molecule has 0 amide bonds. The third-order valence-corrected chi connectivity index (χ3v) is 17.1. The number of hydrogen-bond donors (Lipinski definition) is 1. The average Bonchev–Trinajstić information content (AvgIpc) is 2.84. The summed E-state index contributed by atoms with van der Waals surface area (Å²) in [5.74, 6) is 3.63. The van der Waals surface area contributed by atoms with Crippen molar-refractivity contribution >= 4 is 14.1 Å². The number of rotatable bonds is 5. The molecule has 0 aromatic heterocycles. The largest absolute Gasteiger partial charge is 0.417 e. The highest BCUT2D eigenvalue weighted by atomic mass is 28.4. The van der Waals surface area contributed by atoms with Crippen LogP contribution in [0.2, 0.25) is 18.1 Å². The van der Waals surface area contributed by atoms with Gasteiger partial charge in [-0.2, -0.15) is 0 Å². The Morgan fingerprint density at radius 3 is 2.38 bits per heavy atom. The zero-order valence-corrected chi connectivity index (χ0v) is 24.0. The van der Waals surface area contributed by atoms with Crippen LogP contribution < -0.4 is 0 Å². The molecule has 5 aliphatic rings. The van der Waals surface area contributed by atoms with E-state index in [4.69, 9.17) is 4.43 Å². The second-order valence-corrected chi connectivity index (χ2v) is 19.6. The Labute approximate surface area is 209 Å². The predicted molar refractivity (Wildman–Crippen MR) is 141 cm³/mol. The van der Waals surface area contributed by atoms with E-state index in [0.717, 1.165) is 51.0 Å². The normalized spacial score (nSPS) is 46.1. The number of fused-ring (bicyclic) bond motifs is 7. The maximum absolute atomic E-state index is 12.4. The lowest BCUT2D eigenvalue weighted by atomic mass is 9.45. The quantitative estimate of drug-likeness (QED) is 0.328. The fourth-order valence-electron chi connectivity index (χ4n) is 9.43. The molecule has 0 spiro atoms. The highest BCUT2D eigenvalue weighted by Gasteiger charge is 2.72. The van der Waals surface area contributed by atoms with E-state index in [-0.39, 0.29) is 15.9 Å². The van der Waals surface area contributed by atoms with E-state index in [1.54, 1.807) is 0 Å². The van der Waals surface area contributed by atoms with E-state index in [0.29, 0.717) is 29.5 Å². The third kappa shape index (κ3) is 3.44. The van der Waals surface area contributed by atoms with E-state index in [2.05, 4.69) is 47.7 Å². The van der Waals surface area contributed by atoms with Gasteiger partial charge in [-0.05, 0) is 122 Å². The maximum Gasteiger partial charge on any atom is 0.191 e. The summed E-state index contributed by atoms with van der Waals surface area (Å²) >= 11 is 0. The van der Waals surface area contributed by atoms with Crippen LogP contribution in [0.3, 0.4) is 0 Å². The van der Waals surface area contributed by atoms with Crippen LogP contribution in [0.25, 0.3) is 0 Å². The molecule has 8 atom stereocenters. The molecule has 0 aromatic carbocycles. The zero-order chi connectivity index (χ0) is 24.7. The van der Waals surface area contributed by atoms with Crippen LogP contribution in [-0.2, 0) is 9.22 Å². The van der Waals surface area contributed by atoms with Crippen molar-refractivity contribution in [2.75, 3.05) is 6.61 Å². The van der Waals surface area contributed by atoms with Crippen LogP contribution in [0.15, 0.2) is 11.6 Å². The molecule has 192 valence electrons. The van der Waals surface area contributed by atoms with E-state index in [9.17, 15) is 9.90 Å². The summed E-state index contributed by atoms with van der Waals surface area (Å²) in [4.78, 5) is 12.2. The van der Waals surface area contributed by atoms with Gasteiger partial charge in [0.2, 0.25) is 0 Å². The Balaban J connectivity index is 1.34. The molecular weight excluding hydrogens is 436 g/mol. The Hall–Kier alpha value is -0.453. The molecule has 0 heterocycles. The van der Waals surface area contributed by atoms with Gasteiger partial charge in [-0.25, -0.2) is 0 Å². The molecule has 4 saturated carbocycles. The third-order valence-electron chi connectivity index (χ3n) is 12.6. The highest BCUT2D eigenvalue weighted by Crippen LogP contribution is 2.74. The van der Waals surface area contributed by atoms with Crippen molar-refractivity contribution in [1.82, 2.24) is 0 Å². The number of ketones is 1. The molecule has 4 heteroatoms. The summed E-state index contributed by atoms with van der Waals surface area (Å²) in [6.45, 7) is 17.3. The van der Waals surface area contributed by atoms with Gasteiger partial charge in [-0.3, -0.25) is 4.79 Å². The molecule has 5 aliphatic carbocycles. The second-order valence-electron chi connectivity index (χ2n) is 14.8. The molecule has 5 rings (SSSR count). The minimum absolute atomic E-state index is 0.0407. The summed E-state index contributed by atoms with van der Waals surface area (Å²) in [7, 11) is -1.74. The molecule has 0 aromatic rings. The first-order chi connectivity index (χ1) is 15.7. The lowest BCUT2D eigenvalue weighted by molar-refractivity contribution is -0.145. The van der Waals surface area contributed by atoms with E-state index in [1.165, 1.54) is 31.3 Å². The smallest absolute Gasteiger partial charge is 0.191 e. The second kappa shape index (κ2) is 8.02. The molecule has 0 saturated heterocycles. The van der Waals surface area contributed by atoms with Crippen LogP contribution in [0.1, 0.15) is 98.8 Å². The number of carbonyl (C=O) groups excluding carboxylic acids is 1. The van der Waals surface area contributed by atoms with Crippen molar-refractivity contribution in [3.05, 3.63) is 11.6 Å². The van der Waals surface area contributed by atoms with Gasteiger partial charge < -0.3 is 9.53 Å². The topological polar surface area (TPSA) is 46.5 Å². The van der Waals surface area contributed by atoms with E-state index < -0.39 is 13.9 Å². The number of aliphatic hydroxyl groups is 1. The van der Waals surface area contributed by atoms with Crippen LogP contribution in [0.5, 0.6) is 0 Å². The minimum atomic E-state index is -1.74. The van der Waals surface area contributed by atoms with Crippen molar-refractivity contribution in [3.8, 4) is 0 Å². The molecule has 4 fully saturated rings. The van der Waals surface area contributed by atoms with Crippen molar-refractivity contribution in [2.45, 2.75) is 123 Å². The average molecular weight is 487 g/mol. The van der Waals surface area contributed by atoms with Crippen LogP contribution in [-0.4, -0.2) is 31.4 Å². The molecule has 34 heavy (non-hydrogen) atoms. The van der Waals surface area contributed by atoms with Gasteiger partial charge >= 0.3 is 0 Å². The van der Waals surface area contributed by atoms with Crippen molar-refractivity contribution < 1.29 is 14.3 Å². The van der Waals surface area contributed by atoms with Crippen LogP contribution in [0, 0.1) is 40.4 Å². The lowest BCUT2D eigenvalue weighted by Crippen LogP contribution is -2.55. The van der Waals surface area contributed by atoms with Gasteiger partial charge in [-0.1, -0.05) is 40.2 Å². The maximum atomic E-state index is 12.4. The van der Waals surface area contributed by atoms with Crippen molar-refractivity contribution in [2.24, 2.45) is 40.4 Å². The van der Waals surface area contributed by atoms with Crippen molar-refractivity contribution in [1.29, 1.82) is 0 Å². The molecule has 0 unspecified atom stereocenters. The predicted octanol–water partition coefficient (Wildman–Crippen LogP) is 7.30. The standard InChI is InChI=1S/C30H50O3Si/c1-27(2,3)34(6,7)33-18-8-15-30(32)25-12-11-23(25)26-22-10-9-20-19-21(31)13-16-28(20,4)24(22)14-17-29(26,30)5/h19,22-26,32H,8-18H2,1-7H3/t22-,23-,24+,25+,26-,28+,29+,30+/m1/s1. The summed E-state index contributed by atoms with van der Waals surface area (Å²) in [6.07, 6.45) is 12.9. The van der Waals surface area contributed by atoms with Crippen LogP contribution >= 0.6 is 0 Å². The molecule has 0 aliphatic heterocycles. The van der Waals surface area contributed by atoms with Gasteiger partial charge in [0.25, 0.3) is 0 Å². The minimum Gasteiger partial charge on any atom is -0.417 e. The van der Waals surface area contributed by atoms with E-state index >= 15 is 0 Å². The fourth-order valence-corrected chi connectivity index (χ4v) is 10.5. The Bertz CT molecular complexity index is 871. The SMILES string of the molecule is CC(C)(C)[Si](C)(C)OCCC[C@]1(O)[C@H]2CC[C@H]2[C@H]2[C@@H]3CCC4=CC(=O)CC[C@]4(C)[C@H]3CC[C@@]21C. The summed E-state index contributed by atoms with van der Waals surface area (Å²) in [5.41, 5.74) is 1.19. The molecular formula is C30H50O3Si. The number of carbonyl (C=O) groups is 1. The molecule has 3 nitrogen and oxygen atoms in total. The van der Waals surface area contributed by atoms with Crippen molar-refractivity contribution in [3.63, 3.8) is 0 Å². The first-order valence-corrected chi connectivity index (χ1v) is 17.3. The van der Waals surface area contributed by atoms with Crippen LogP contribution in [0.4, 0.5) is 0 Å². The highest BCUT2D eigenvalue weighted by molar-refractivity contribution is 6.74. The monoisotopic (exact) mass is 486 g/mol. The first kappa shape index (κ1) is 25.2. The fraction of sp³-hybridized carbons (Fsp3) is 0.900. The van der Waals surface area contributed by atoms with Gasteiger partial charge in [0.15, 0.2) is 14.1 Å². The molecule has 1 N–H and O–H groups in total.